The Balaban J connectivity index is 2.19. The Kier molecular flexibility index (Phi) is 3.52. The van der Waals surface area contributed by atoms with Crippen molar-refractivity contribution in [3.63, 3.8) is 0 Å². The molecule has 0 fully saturated rings. The zero-order valence-electron chi connectivity index (χ0n) is 10.3. The predicted octanol–water partition coefficient (Wildman–Crippen LogP) is 0.931. The summed E-state index contributed by atoms with van der Waals surface area (Å²) in [4.78, 5) is 24.5. The van der Waals surface area contributed by atoms with Gasteiger partial charge in [-0.2, -0.15) is 0 Å². The summed E-state index contributed by atoms with van der Waals surface area (Å²) in [6.45, 7) is 1.89. The third-order valence-corrected chi connectivity index (χ3v) is 2.87. The first-order valence-electron chi connectivity index (χ1n) is 5.74. The van der Waals surface area contributed by atoms with Gasteiger partial charge in [-0.1, -0.05) is 18.2 Å². The van der Waals surface area contributed by atoms with Gasteiger partial charge in [0, 0.05) is 23.0 Å². The molecule has 1 atom stereocenters. The van der Waals surface area contributed by atoms with E-state index in [4.69, 9.17) is 10.8 Å². The molecule has 1 aromatic heterocycles. The van der Waals surface area contributed by atoms with E-state index in [0.29, 0.717) is 0 Å². The number of nitrogens with two attached hydrogens (primary N) is 1. The van der Waals surface area contributed by atoms with Crippen LogP contribution in [0.4, 0.5) is 0 Å². The molecule has 0 spiro atoms. The normalized spacial score (nSPS) is 12.3. The Hall–Kier alpha value is -2.34. The summed E-state index contributed by atoms with van der Waals surface area (Å²) >= 11 is 0. The zero-order valence-corrected chi connectivity index (χ0v) is 10.3. The van der Waals surface area contributed by atoms with Crippen LogP contribution in [-0.4, -0.2) is 28.3 Å². The first kappa shape index (κ1) is 13.1. The van der Waals surface area contributed by atoms with Gasteiger partial charge in [0.1, 0.15) is 0 Å². The minimum atomic E-state index is -1.65. The molecule has 0 saturated heterocycles. The number of ether oxygens (including phenoxy) is 1. The third kappa shape index (κ3) is 2.74. The molecular weight excluding hydrogens is 248 g/mol. The van der Waals surface area contributed by atoms with Crippen molar-refractivity contribution in [1.82, 2.24) is 4.98 Å². The van der Waals surface area contributed by atoms with E-state index in [1.165, 1.54) is 0 Å². The minimum Gasteiger partial charge on any atom is -0.473 e. The first-order valence-corrected chi connectivity index (χ1v) is 5.74. The van der Waals surface area contributed by atoms with Crippen molar-refractivity contribution in [2.45, 2.75) is 19.6 Å². The Labute approximate surface area is 109 Å². The molecule has 0 aliphatic carbocycles. The predicted molar refractivity (Wildman–Crippen MR) is 68.4 cm³/mol. The molecule has 0 bridgehead atoms. The summed E-state index contributed by atoms with van der Waals surface area (Å²) in [5.41, 5.74) is 8.45. The Morgan fingerprint density at radius 3 is 2.79 bits per heavy atom. The van der Waals surface area contributed by atoms with E-state index in [0.717, 1.165) is 22.2 Å². The highest BCUT2D eigenvalue weighted by atomic mass is 16.6. The maximum atomic E-state index is 10.9. The lowest BCUT2D eigenvalue weighted by molar-refractivity contribution is -0.167. The monoisotopic (exact) mass is 262 g/mol. The van der Waals surface area contributed by atoms with Gasteiger partial charge >= 0.3 is 11.9 Å². The second-order valence-corrected chi connectivity index (χ2v) is 4.23. The number of fused-ring (bicyclic) bond motifs is 1. The average molecular weight is 262 g/mol. The molecule has 0 radical (unpaired) electrons. The number of carbonyl (C=O) groups excluding carboxylic acids is 1. The van der Waals surface area contributed by atoms with Crippen LogP contribution in [0.3, 0.4) is 0 Å². The zero-order chi connectivity index (χ0) is 14.0. The Morgan fingerprint density at radius 1 is 1.42 bits per heavy atom. The number of hydrogen-bond acceptors (Lipinski definition) is 4. The van der Waals surface area contributed by atoms with E-state index in [9.17, 15) is 9.59 Å². The van der Waals surface area contributed by atoms with Crippen LogP contribution in [0.2, 0.25) is 0 Å². The van der Waals surface area contributed by atoms with Gasteiger partial charge < -0.3 is 14.8 Å². The lowest BCUT2D eigenvalue weighted by atomic mass is 10.1. The average Bonchev–Trinajstić information content (AvgIpc) is 2.66. The molecule has 19 heavy (non-hydrogen) atoms. The standard InChI is InChI=1S/C13H14N2O4/c1-7-9(6-11(14)19-13(18)12(16)17)8-4-2-3-5-10(8)15-7/h2-5,11,15H,6,14H2,1H3,(H,16,17). The lowest BCUT2D eigenvalue weighted by Crippen LogP contribution is -2.32. The van der Waals surface area contributed by atoms with Crippen LogP contribution in [0, 0.1) is 6.92 Å². The maximum Gasteiger partial charge on any atom is 0.418 e. The van der Waals surface area contributed by atoms with E-state index in [1.54, 1.807) is 0 Å². The highest BCUT2D eigenvalue weighted by molar-refractivity contribution is 6.28. The molecule has 100 valence electrons. The van der Waals surface area contributed by atoms with E-state index < -0.39 is 18.2 Å². The first-order chi connectivity index (χ1) is 8.99. The molecule has 6 heteroatoms. The molecule has 6 nitrogen and oxygen atoms in total. The van der Waals surface area contributed by atoms with E-state index in [1.807, 2.05) is 31.2 Å². The maximum absolute atomic E-state index is 10.9. The van der Waals surface area contributed by atoms with E-state index >= 15 is 0 Å². The van der Waals surface area contributed by atoms with Gasteiger partial charge in [-0.05, 0) is 18.6 Å². The van der Waals surface area contributed by atoms with Crippen molar-refractivity contribution in [2.24, 2.45) is 5.73 Å². The number of aromatic amines is 1. The molecule has 1 heterocycles. The smallest absolute Gasteiger partial charge is 0.418 e. The SMILES string of the molecule is Cc1[nH]c2ccccc2c1CC(N)OC(=O)C(=O)O. The fourth-order valence-electron chi connectivity index (χ4n) is 2.03. The minimum absolute atomic E-state index is 0.259. The number of carbonyl (C=O) groups is 2. The second kappa shape index (κ2) is 5.11. The van der Waals surface area contributed by atoms with Crippen molar-refractivity contribution in [2.75, 3.05) is 0 Å². The van der Waals surface area contributed by atoms with Crippen LogP contribution >= 0.6 is 0 Å². The summed E-state index contributed by atoms with van der Waals surface area (Å²) in [6, 6.07) is 7.67. The van der Waals surface area contributed by atoms with Crippen LogP contribution < -0.4 is 5.73 Å². The molecule has 4 N–H and O–H groups in total. The highest BCUT2D eigenvalue weighted by Gasteiger charge is 2.19. The van der Waals surface area contributed by atoms with Crippen molar-refractivity contribution < 1.29 is 19.4 Å². The number of rotatable bonds is 3. The van der Waals surface area contributed by atoms with Crippen LogP contribution in [0.1, 0.15) is 11.3 Å². The number of aryl methyl sites for hydroxylation is 1. The number of hydrogen-bond donors (Lipinski definition) is 3. The second-order valence-electron chi connectivity index (χ2n) is 4.23. The molecule has 1 aromatic carbocycles. The highest BCUT2D eigenvalue weighted by Crippen LogP contribution is 2.22. The van der Waals surface area contributed by atoms with Gasteiger partial charge in [-0.3, -0.25) is 5.73 Å². The number of H-pyrrole nitrogens is 1. The number of aromatic nitrogens is 1. The Bertz CT molecular complexity index is 633. The number of aliphatic carboxylic acids is 1. The number of esters is 1. The van der Waals surface area contributed by atoms with Gasteiger partial charge in [0.25, 0.3) is 0 Å². The summed E-state index contributed by atoms with van der Waals surface area (Å²) in [5, 5.41) is 9.43. The largest absolute Gasteiger partial charge is 0.473 e. The van der Waals surface area contributed by atoms with Gasteiger partial charge in [-0.15, -0.1) is 0 Å². The fraction of sp³-hybridized carbons (Fsp3) is 0.231. The summed E-state index contributed by atoms with van der Waals surface area (Å²) < 4.78 is 4.61. The van der Waals surface area contributed by atoms with Gasteiger partial charge in [-0.25, -0.2) is 9.59 Å². The van der Waals surface area contributed by atoms with Crippen molar-refractivity contribution >= 4 is 22.8 Å². The van der Waals surface area contributed by atoms with E-state index in [2.05, 4.69) is 9.72 Å². The van der Waals surface area contributed by atoms with Gasteiger partial charge in [0.2, 0.25) is 0 Å². The lowest BCUT2D eigenvalue weighted by Gasteiger charge is -2.11. The number of para-hydroxylation sites is 1. The topological polar surface area (TPSA) is 105 Å². The molecule has 0 aliphatic rings. The summed E-state index contributed by atoms with van der Waals surface area (Å²) in [7, 11) is 0. The Morgan fingerprint density at radius 2 is 2.11 bits per heavy atom. The summed E-state index contributed by atoms with van der Waals surface area (Å²) in [6.07, 6.45) is -0.726. The van der Waals surface area contributed by atoms with Gasteiger partial charge in [0.05, 0.1) is 0 Å². The van der Waals surface area contributed by atoms with Crippen LogP contribution in [0.25, 0.3) is 10.9 Å². The third-order valence-electron chi connectivity index (χ3n) is 2.87. The van der Waals surface area contributed by atoms with Crippen LogP contribution in [0.15, 0.2) is 24.3 Å². The quantitative estimate of drug-likeness (QED) is 0.433. The van der Waals surface area contributed by atoms with Crippen molar-refractivity contribution in [1.29, 1.82) is 0 Å². The molecule has 2 rings (SSSR count). The molecular formula is C13H14N2O4. The number of carboxylic acids is 1. The molecule has 0 aliphatic heterocycles. The molecule has 0 amide bonds. The number of benzene rings is 1. The number of carboxylic acid groups (broad SMARTS) is 1. The summed E-state index contributed by atoms with van der Waals surface area (Å²) in [5.74, 6) is -2.99. The van der Waals surface area contributed by atoms with Crippen LogP contribution in [-0.2, 0) is 20.7 Å². The van der Waals surface area contributed by atoms with E-state index in [-0.39, 0.29) is 6.42 Å². The fourth-order valence-corrected chi connectivity index (χ4v) is 2.03. The van der Waals surface area contributed by atoms with Crippen LogP contribution in [0.5, 0.6) is 0 Å². The molecule has 0 saturated carbocycles. The van der Waals surface area contributed by atoms with Gasteiger partial charge in [0.15, 0.2) is 6.23 Å². The van der Waals surface area contributed by atoms with Crippen molar-refractivity contribution in [3.8, 4) is 0 Å². The molecule has 1 unspecified atom stereocenters. The number of nitrogens with one attached hydrogen (secondary N) is 1. The molecule has 2 aromatic rings. The van der Waals surface area contributed by atoms with Crippen molar-refractivity contribution in [3.05, 3.63) is 35.5 Å².